The minimum atomic E-state index is -0.504. The van der Waals surface area contributed by atoms with Crippen molar-refractivity contribution in [3.05, 3.63) is 29.3 Å². The lowest BCUT2D eigenvalue weighted by Gasteiger charge is -2.14. The molecule has 0 radical (unpaired) electrons. The third-order valence-corrected chi connectivity index (χ3v) is 2.60. The van der Waals surface area contributed by atoms with Crippen molar-refractivity contribution < 1.29 is 9.84 Å². The first-order chi connectivity index (χ1) is 6.20. The fourth-order valence-electron chi connectivity index (χ4n) is 1.34. The van der Waals surface area contributed by atoms with Crippen LogP contribution in [0.25, 0.3) is 0 Å². The highest BCUT2D eigenvalue weighted by Crippen LogP contribution is 2.29. The molecule has 0 aromatic heterocycles. The van der Waals surface area contributed by atoms with Crippen LogP contribution < -0.4 is 4.74 Å². The van der Waals surface area contributed by atoms with Crippen molar-refractivity contribution >= 4 is 15.9 Å². The molecule has 1 aromatic carbocycles. The average Bonchev–Trinajstić information content (AvgIpc) is 2.16. The molecular formula is C10H13BrO2. The molecule has 1 rings (SSSR count). The number of hydrogen-bond acceptors (Lipinski definition) is 2. The zero-order valence-electron chi connectivity index (χ0n) is 7.75. The third kappa shape index (κ3) is 2.23. The van der Waals surface area contributed by atoms with Crippen molar-refractivity contribution in [2.75, 3.05) is 12.4 Å². The Hall–Kier alpha value is -0.540. The quantitative estimate of drug-likeness (QED) is 0.828. The average molecular weight is 245 g/mol. The van der Waals surface area contributed by atoms with Crippen molar-refractivity contribution in [1.29, 1.82) is 0 Å². The molecule has 1 aromatic rings. The van der Waals surface area contributed by atoms with Crippen LogP contribution in [-0.2, 0) is 0 Å². The summed E-state index contributed by atoms with van der Waals surface area (Å²) in [6.07, 6.45) is -0.504. The predicted octanol–water partition coefficient (Wildman–Crippen LogP) is 2.43. The standard InChI is InChI=1S/C10H13BrO2/c1-7-4-3-5-9(13-2)10(7)8(12)6-11/h3-5,8,12H,6H2,1-2H3. The number of hydrogen-bond donors (Lipinski definition) is 1. The van der Waals surface area contributed by atoms with Crippen LogP contribution in [0.15, 0.2) is 18.2 Å². The number of methoxy groups -OCH3 is 1. The van der Waals surface area contributed by atoms with Crippen LogP contribution in [0.5, 0.6) is 5.75 Å². The predicted molar refractivity (Wildman–Crippen MR) is 56.5 cm³/mol. The molecule has 0 saturated heterocycles. The van der Waals surface area contributed by atoms with Crippen molar-refractivity contribution in [2.24, 2.45) is 0 Å². The van der Waals surface area contributed by atoms with E-state index in [1.807, 2.05) is 25.1 Å². The topological polar surface area (TPSA) is 29.5 Å². The summed E-state index contributed by atoms with van der Waals surface area (Å²) in [6.45, 7) is 1.96. The molecule has 0 aliphatic heterocycles. The molecule has 0 aliphatic carbocycles. The van der Waals surface area contributed by atoms with E-state index in [0.29, 0.717) is 5.33 Å². The van der Waals surface area contributed by atoms with Gasteiger partial charge in [0.05, 0.1) is 13.2 Å². The molecule has 13 heavy (non-hydrogen) atoms. The monoisotopic (exact) mass is 244 g/mol. The van der Waals surface area contributed by atoms with E-state index in [9.17, 15) is 5.11 Å². The summed E-state index contributed by atoms with van der Waals surface area (Å²) in [7, 11) is 1.61. The second-order valence-electron chi connectivity index (χ2n) is 2.86. The molecular weight excluding hydrogens is 232 g/mol. The van der Waals surface area contributed by atoms with E-state index >= 15 is 0 Å². The van der Waals surface area contributed by atoms with Crippen LogP contribution in [0, 0.1) is 6.92 Å². The normalized spacial score (nSPS) is 12.6. The highest BCUT2D eigenvalue weighted by molar-refractivity contribution is 9.09. The highest BCUT2D eigenvalue weighted by atomic mass is 79.9. The Labute approximate surface area is 86.7 Å². The number of ether oxygens (including phenoxy) is 1. The molecule has 0 saturated carbocycles. The molecule has 0 bridgehead atoms. The van der Waals surface area contributed by atoms with E-state index in [1.165, 1.54) is 0 Å². The molecule has 2 nitrogen and oxygen atoms in total. The summed E-state index contributed by atoms with van der Waals surface area (Å²) in [4.78, 5) is 0. The first-order valence-corrected chi connectivity index (χ1v) is 5.20. The molecule has 72 valence electrons. The van der Waals surface area contributed by atoms with Crippen LogP contribution in [0.1, 0.15) is 17.2 Å². The zero-order valence-corrected chi connectivity index (χ0v) is 9.34. The maximum Gasteiger partial charge on any atom is 0.124 e. The smallest absolute Gasteiger partial charge is 0.124 e. The molecule has 0 spiro atoms. The highest BCUT2D eigenvalue weighted by Gasteiger charge is 2.13. The Morgan fingerprint density at radius 2 is 2.23 bits per heavy atom. The van der Waals surface area contributed by atoms with Gasteiger partial charge in [-0.05, 0) is 18.6 Å². The molecule has 3 heteroatoms. The summed E-state index contributed by atoms with van der Waals surface area (Å²) < 4.78 is 5.17. The minimum absolute atomic E-state index is 0.504. The Morgan fingerprint density at radius 1 is 1.54 bits per heavy atom. The lowest BCUT2D eigenvalue weighted by atomic mass is 10.0. The number of alkyl halides is 1. The summed E-state index contributed by atoms with van der Waals surface area (Å²) in [5.74, 6) is 0.743. The van der Waals surface area contributed by atoms with Gasteiger partial charge in [0.2, 0.25) is 0 Å². The van der Waals surface area contributed by atoms with Crippen LogP contribution in [0.4, 0.5) is 0 Å². The molecule has 1 N–H and O–H groups in total. The largest absolute Gasteiger partial charge is 0.496 e. The lowest BCUT2D eigenvalue weighted by molar-refractivity contribution is 0.199. The van der Waals surface area contributed by atoms with Gasteiger partial charge in [0.1, 0.15) is 5.75 Å². The Kier molecular flexibility index (Phi) is 3.75. The maximum atomic E-state index is 9.70. The van der Waals surface area contributed by atoms with Crippen LogP contribution in [0.2, 0.25) is 0 Å². The first kappa shape index (κ1) is 10.5. The lowest BCUT2D eigenvalue weighted by Crippen LogP contribution is -2.03. The number of aliphatic hydroxyl groups is 1. The SMILES string of the molecule is COc1cccc(C)c1C(O)CBr. The van der Waals surface area contributed by atoms with Gasteiger partial charge in [-0.2, -0.15) is 0 Å². The number of rotatable bonds is 3. The van der Waals surface area contributed by atoms with Gasteiger partial charge in [-0.1, -0.05) is 28.1 Å². The van der Waals surface area contributed by atoms with Crippen LogP contribution in [-0.4, -0.2) is 17.5 Å². The zero-order chi connectivity index (χ0) is 9.84. The molecule has 0 amide bonds. The molecule has 0 heterocycles. The summed E-state index contributed by atoms with van der Waals surface area (Å²) in [5.41, 5.74) is 1.91. The number of halogens is 1. The van der Waals surface area contributed by atoms with E-state index in [2.05, 4.69) is 15.9 Å². The molecule has 1 unspecified atom stereocenters. The fourth-order valence-corrected chi connectivity index (χ4v) is 1.66. The van der Waals surface area contributed by atoms with Gasteiger partial charge in [-0.25, -0.2) is 0 Å². The summed E-state index contributed by atoms with van der Waals surface area (Å²) >= 11 is 3.24. The molecule has 1 atom stereocenters. The van der Waals surface area contributed by atoms with Crippen LogP contribution in [0.3, 0.4) is 0 Å². The Morgan fingerprint density at radius 3 is 2.77 bits per heavy atom. The van der Waals surface area contributed by atoms with Gasteiger partial charge in [-0.15, -0.1) is 0 Å². The first-order valence-electron chi connectivity index (χ1n) is 4.08. The van der Waals surface area contributed by atoms with Crippen molar-refractivity contribution in [3.8, 4) is 5.75 Å². The fraction of sp³-hybridized carbons (Fsp3) is 0.400. The van der Waals surface area contributed by atoms with Crippen molar-refractivity contribution in [1.82, 2.24) is 0 Å². The Balaban J connectivity index is 3.14. The van der Waals surface area contributed by atoms with E-state index in [0.717, 1.165) is 16.9 Å². The number of aryl methyl sites for hydroxylation is 1. The summed E-state index contributed by atoms with van der Waals surface area (Å²) in [6, 6.07) is 5.73. The Bertz CT molecular complexity index is 286. The molecule has 0 fully saturated rings. The molecule has 0 aliphatic rings. The van der Waals surface area contributed by atoms with E-state index in [1.54, 1.807) is 7.11 Å². The van der Waals surface area contributed by atoms with E-state index in [-0.39, 0.29) is 0 Å². The van der Waals surface area contributed by atoms with Crippen LogP contribution >= 0.6 is 15.9 Å². The van der Waals surface area contributed by atoms with Crippen molar-refractivity contribution in [2.45, 2.75) is 13.0 Å². The van der Waals surface area contributed by atoms with Gasteiger partial charge in [0.15, 0.2) is 0 Å². The number of benzene rings is 1. The van der Waals surface area contributed by atoms with Crippen molar-refractivity contribution in [3.63, 3.8) is 0 Å². The van der Waals surface area contributed by atoms with Gasteiger partial charge >= 0.3 is 0 Å². The maximum absolute atomic E-state index is 9.70. The summed E-state index contributed by atoms with van der Waals surface area (Å²) in [5, 5.41) is 10.2. The van der Waals surface area contributed by atoms with Gasteiger partial charge in [0, 0.05) is 10.9 Å². The van der Waals surface area contributed by atoms with Gasteiger partial charge in [0.25, 0.3) is 0 Å². The van der Waals surface area contributed by atoms with E-state index < -0.39 is 6.10 Å². The van der Waals surface area contributed by atoms with Gasteiger partial charge in [-0.3, -0.25) is 0 Å². The van der Waals surface area contributed by atoms with Gasteiger partial charge < -0.3 is 9.84 Å². The minimum Gasteiger partial charge on any atom is -0.496 e. The van der Waals surface area contributed by atoms with E-state index in [4.69, 9.17) is 4.74 Å². The third-order valence-electron chi connectivity index (χ3n) is 1.98. The second kappa shape index (κ2) is 4.63. The second-order valence-corrected chi connectivity index (χ2v) is 3.51. The number of aliphatic hydroxyl groups excluding tert-OH is 1.